The first-order valence-corrected chi connectivity index (χ1v) is 15.8. The monoisotopic (exact) mass is 693 g/mol. The van der Waals surface area contributed by atoms with E-state index in [1.54, 1.807) is 0 Å². The van der Waals surface area contributed by atoms with Crippen molar-refractivity contribution in [2.24, 2.45) is 0 Å². The van der Waals surface area contributed by atoms with Crippen molar-refractivity contribution in [1.82, 2.24) is 16.0 Å². The Balaban J connectivity index is 1.39. The summed E-state index contributed by atoms with van der Waals surface area (Å²) in [6, 6.07) is 7.60. The van der Waals surface area contributed by atoms with Crippen LogP contribution in [-0.4, -0.2) is 71.2 Å². The molecule has 5 N–H and O–H groups in total. The van der Waals surface area contributed by atoms with Crippen LogP contribution < -0.4 is 25.4 Å². The van der Waals surface area contributed by atoms with Crippen molar-refractivity contribution < 1.29 is 51.7 Å². The largest absolute Gasteiger partial charge is 0.484 e. The topological polar surface area (TPSA) is 165 Å². The number of nitrogens with one attached hydrogen (secondary N) is 3. The second-order valence-corrected chi connectivity index (χ2v) is 12.3. The molecule has 246 valence electrons. The third-order valence-electron chi connectivity index (χ3n) is 7.65. The van der Waals surface area contributed by atoms with E-state index < -0.39 is 68.5 Å². The number of benzene rings is 2. The Kier molecular flexibility index (Phi) is 12.0. The average molecular weight is 694 g/mol. The van der Waals surface area contributed by atoms with Gasteiger partial charge < -0.3 is 44.5 Å². The summed E-state index contributed by atoms with van der Waals surface area (Å²) in [6.07, 6.45) is 0.404. The maximum absolute atomic E-state index is 13.8. The smallest absolute Gasteiger partial charge is 0.407 e. The molecule has 1 unspecified atom stereocenters. The molecule has 12 nitrogen and oxygen atoms in total. The zero-order chi connectivity index (χ0) is 32.6. The Morgan fingerprint density at radius 2 is 1.44 bits per heavy atom. The molecule has 0 saturated heterocycles. The van der Waals surface area contributed by atoms with Crippen LogP contribution in [0.25, 0.3) is 0 Å². The van der Waals surface area contributed by atoms with Gasteiger partial charge in [-0.2, -0.15) is 0 Å². The molecular formula is C28H32Cl2F2N3O9P. The van der Waals surface area contributed by atoms with Crippen molar-refractivity contribution in [3.8, 4) is 11.5 Å². The van der Waals surface area contributed by atoms with Gasteiger partial charge in [-0.1, -0.05) is 23.2 Å². The molecule has 0 aromatic heterocycles. The fraction of sp³-hybridized carbons (Fsp3) is 0.464. The summed E-state index contributed by atoms with van der Waals surface area (Å²) in [4.78, 5) is 56.2. The van der Waals surface area contributed by atoms with E-state index in [4.69, 9.17) is 47.2 Å². The van der Waals surface area contributed by atoms with Crippen molar-refractivity contribution in [2.75, 3.05) is 26.4 Å². The van der Waals surface area contributed by atoms with Gasteiger partial charge in [-0.25, -0.2) is 13.6 Å². The summed E-state index contributed by atoms with van der Waals surface area (Å²) >= 11 is 11.4. The molecule has 0 aliphatic heterocycles. The van der Waals surface area contributed by atoms with Gasteiger partial charge in [0.15, 0.2) is 13.2 Å². The van der Waals surface area contributed by atoms with Gasteiger partial charge in [-0.15, -0.1) is 0 Å². The lowest BCUT2D eigenvalue weighted by molar-refractivity contribution is -0.137. The van der Waals surface area contributed by atoms with E-state index >= 15 is 0 Å². The Hall–Kier alpha value is -3.00. The van der Waals surface area contributed by atoms with Gasteiger partial charge in [0, 0.05) is 30.6 Å². The molecule has 5 rings (SSSR count). The molecule has 2 aromatic carbocycles. The highest BCUT2D eigenvalue weighted by Gasteiger charge is 2.57. The van der Waals surface area contributed by atoms with Gasteiger partial charge in [0.2, 0.25) is 0 Å². The maximum atomic E-state index is 13.8. The minimum atomic E-state index is -2.50. The van der Waals surface area contributed by atoms with Crippen LogP contribution in [0, 0.1) is 11.6 Å². The van der Waals surface area contributed by atoms with Crippen LogP contribution in [0.15, 0.2) is 36.4 Å². The number of carbonyl (C=O) groups excluding carboxylic acids is 3. The molecule has 0 radical (unpaired) electrons. The number of halogens is 4. The van der Waals surface area contributed by atoms with Crippen LogP contribution >= 0.6 is 31.8 Å². The second-order valence-electron chi connectivity index (χ2n) is 10.7. The predicted molar refractivity (Wildman–Crippen MR) is 159 cm³/mol. The summed E-state index contributed by atoms with van der Waals surface area (Å²) < 4.78 is 48.8. The fourth-order valence-electron chi connectivity index (χ4n) is 5.44. The van der Waals surface area contributed by atoms with Crippen molar-refractivity contribution >= 4 is 49.7 Å². The minimum Gasteiger partial charge on any atom is -0.484 e. The number of fused-ring (bicyclic) bond motifs is 3. The van der Waals surface area contributed by atoms with Gasteiger partial charge in [-0.05, 0) is 56.4 Å². The van der Waals surface area contributed by atoms with E-state index in [2.05, 4.69) is 20.5 Å². The maximum Gasteiger partial charge on any atom is 0.407 e. The van der Waals surface area contributed by atoms with Crippen LogP contribution in [0.4, 0.5) is 13.6 Å². The lowest BCUT2D eigenvalue weighted by Gasteiger charge is -2.57. The predicted octanol–water partition coefficient (Wildman–Crippen LogP) is 4.13. The van der Waals surface area contributed by atoms with E-state index in [-0.39, 0.29) is 47.5 Å². The number of carbonyl (C=O) groups is 3. The standard InChI is InChI=1S/C28H32Cl2F2N3O9P/c29-19-4-2-17(12-21(19)31)41-15-24(36)34-27-6-8-28(9-7-27,23(14-27)44-26(38)33-10-1-11-43-45(39)40)35-25(37)16-42-18-3-5-20(30)22(32)13-18/h2-5,12-13,23,39-40H,1,6-11,14-16H2,(H,33,38)(H,34,36)(H,35,37). The van der Waals surface area contributed by atoms with Crippen LogP contribution in [0.2, 0.25) is 10.0 Å². The SMILES string of the molecule is O=C(COc1ccc(Cl)c(F)c1)NC12CCC(NC(=O)COc3ccc(Cl)c(F)c3)(CC1)C(OC(=O)NCCCOP(O)O)C2. The van der Waals surface area contributed by atoms with Crippen LogP contribution in [-0.2, 0) is 18.8 Å². The highest BCUT2D eigenvalue weighted by atomic mass is 35.5. The number of rotatable bonds is 14. The molecule has 3 fully saturated rings. The summed E-state index contributed by atoms with van der Waals surface area (Å²) in [5.41, 5.74) is -1.74. The van der Waals surface area contributed by atoms with E-state index in [0.29, 0.717) is 25.7 Å². The Morgan fingerprint density at radius 1 is 0.889 bits per heavy atom. The van der Waals surface area contributed by atoms with Crippen LogP contribution in [0.5, 0.6) is 11.5 Å². The average Bonchev–Trinajstić information content (AvgIpc) is 2.99. The van der Waals surface area contributed by atoms with E-state index in [9.17, 15) is 23.2 Å². The Morgan fingerprint density at radius 3 is 1.98 bits per heavy atom. The summed E-state index contributed by atoms with van der Waals surface area (Å²) in [5, 5.41) is 8.31. The van der Waals surface area contributed by atoms with Gasteiger partial charge >= 0.3 is 14.7 Å². The summed E-state index contributed by atoms with van der Waals surface area (Å²) in [5.74, 6) is -2.15. The number of ether oxygens (including phenoxy) is 3. The second kappa shape index (κ2) is 15.5. The quantitative estimate of drug-likeness (QED) is 0.145. The van der Waals surface area contributed by atoms with E-state index in [1.807, 2.05) is 0 Å². The van der Waals surface area contributed by atoms with Crippen molar-refractivity contribution in [1.29, 1.82) is 0 Å². The summed E-state index contributed by atoms with van der Waals surface area (Å²) in [6.45, 7) is -0.723. The van der Waals surface area contributed by atoms with E-state index in [1.165, 1.54) is 24.3 Å². The van der Waals surface area contributed by atoms with Crippen LogP contribution in [0.1, 0.15) is 38.5 Å². The molecule has 3 saturated carbocycles. The molecule has 2 bridgehead atoms. The summed E-state index contributed by atoms with van der Waals surface area (Å²) in [7, 11) is -2.50. The molecule has 2 aromatic rings. The number of hydrogen-bond acceptors (Lipinski definition) is 9. The Bertz CT molecular complexity index is 1380. The molecule has 3 aliphatic rings. The molecule has 0 heterocycles. The Labute approximate surface area is 268 Å². The van der Waals surface area contributed by atoms with Crippen LogP contribution in [0.3, 0.4) is 0 Å². The first-order valence-electron chi connectivity index (χ1n) is 13.9. The molecular weight excluding hydrogens is 662 g/mol. The highest BCUT2D eigenvalue weighted by molar-refractivity contribution is 7.39. The molecule has 17 heteroatoms. The number of alkyl carbamates (subject to hydrolysis) is 1. The third kappa shape index (κ3) is 9.74. The van der Waals surface area contributed by atoms with Gasteiger partial charge in [-0.3, -0.25) is 9.59 Å². The van der Waals surface area contributed by atoms with Crippen molar-refractivity contribution in [3.05, 3.63) is 58.1 Å². The third-order valence-corrected chi connectivity index (χ3v) is 8.68. The van der Waals surface area contributed by atoms with Gasteiger partial charge in [0.25, 0.3) is 11.8 Å². The number of amides is 3. The zero-order valence-electron chi connectivity index (χ0n) is 23.8. The fourth-order valence-corrected chi connectivity index (χ4v) is 5.97. The molecule has 3 amide bonds. The molecule has 45 heavy (non-hydrogen) atoms. The molecule has 1 atom stereocenters. The highest BCUT2D eigenvalue weighted by Crippen LogP contribution is 2.48. The zero-order valence-corrected chi connectivity index (χ0v) is 26.2. The van der Waals surface area contributed by atoms with E-state index in [0.717, 1.165) is 12.1 Å². The van der Waals surface area contributed by atoms with Gasteiger partial charge in [0.1, 0.15) is 29.2 Å². The number of hydrogen-bond donors (Lipinski definition) is 5. The van der Waals surface area contributed by atoms with Crippen molar-refractivity contribution in [2.45, 2.75) is 55.7 Å². The first-order chi connectivity index (χ1) is 21.4. The first kappa shape index (κ1) is 34.9. The minimum absolute atomic E-state index is 0.000197. The van der Waals surface area contributed by atoms with Gasteiger partial charge in [0.05, 0.1) is 22.2 Å². The molecule has 0 spiro atoms. The lowest BCUT2D eigenvalue weighted by atomic mass is 9.59. The van der Waals surface area contributed by atoms with Crippen molar-refractivity contribution in [3.63, 3.8) is 0 Å². The molecule has 3 aliphatic carbocycles. The lowest BCUT2D eigenvalue weighted by Crippen LogP contribution is -2.71. The normalized spacial score (nSPS) is 22.1.